The Labute approximate surface area is 62.9 Å². The number of allylic oxidation sites excluding steroid dienone is 5. The zero-order chi connectivity index (χ0) is 7.40. The van der Waals surface area contributed by atoms with Gasteiger partial charge in [-0.1, -0.05) is 37.8 Å². The van der Waals surface area contributed by atoms with E-state index in [2.05, 4.69) is 31.7 Å². The molecule has 0 N–H and O–H groups in total. The van der Waals surface area contributed by atoms with Crippen LogP contribution in [0.1, 0.15) is 19.8 Å². The first-order valence-corrected chi connectivity index (χ1v) is 3.82. The van der Waals surface area contributed by atoms with E-state index in [4.69, 9.17) is 0 Å². The molecule has 0 aromatic heterocycles. The summed E-state index contributed by atoms with van der Waals surface area (Å²) < 4.78 is 0. The van der Waals surface area contributed by atoms with Gasteiger partial charge in [-0.2, -0.15) is 0 Å². The molecule has 0 amide bonds. The van der Waals surface area contributed by atoms with Crippen molar-refractivity contribution in [3.63, 3.8) is 0 Å². The molecule has 1 aliphatic rings. The molecule has 1 atom stereocenters. The molecule has 0 radical (unpaired) electrons. The quantitative estimate of drug-likeness (QED) is 0.517. The first-order chi connectivity index (χ1) is 4.83. The highest BCUT2D eigenvalue weighted by atomic mass is 14.1. The Morgan fingerprint density at radius 3 is 3.10 bits per heavy atom. The number of hydrogen-bond acceptors (Lipinski definition) is 0. The highest BCUT2D eigenvalue weighted by Crippen LogP contribution is 2.16. The van der Waals surface area contributed by atoms with E-state index < -0.39 is 0 Å². The van der Waals surface area contributed by atoms with Crippen LogP contribution >= 0.6 is 0 Å². The summed E-state index contributed by atoms with van der Waals surface area (Å²) >= 11 is 0. The van der Waals surface area contributed by atoms with Gasteiger partial charge < -0.3 is 0 Å². The Balaban J connectivity index is 2.65. The molecule has 0 fully saturated rings. The fourth-order valence-corrected chi connectivity index (χ4v) is 1.09. The lowest BCUT2D eigenvalue weighted by Crippen LogP contribution is -1.86. The molecule has 1 rings (SSSR count). The molecule has 1 unspecified atom stereocenters. The van der Waals surface area contributed by atoms with Crippen LogP contribution in [0.2, 0.25) is 0 Å². The second-order valence-electron chi connectivity index (χ2n) is 2.89. The third-order valence-corrected chi connectivity index (χ3v) is 1.84. The van der Waals surface area contributed by atoms with Gasteiger partial charge in [0.05, 0.1) is 0 Å². The maximum absolute atomic E-state index is 3.73. The monoisotopic (exact) mass is 134 g/mol. The molecule has 0 nitrogen and oxygen atoms in total. The maximum atomic E-state index is 3.73. The van der Waals surface area contributed by atoms with E-state index in [9.17, 15) is 0 Å². The van der Waals surface area contributed by atoms with Crippen molar-refractivity contribution in [2.45, 2.75) is 19.8 Å². The molecule has 0 heteroatoms. The topological polar surface area (TPSA) is 0 Å². The van der Waals surface area contributed by atoms with Crippen LogP contribution in [0.25, 0.3) is 0 Å². The SMILES string of the molecule is C=CC1=CCC(C)CC=C1. The summed E-state index contributed by atoms with van der Waals surface area (Å²) in [7, 11) is 0. The Morgan fingerprint density at radius 2 is 2.40 bits per heavy atom. The molecule has 0 saturated heterocycles. The van der Waals surface area contributed by atoms with Crippen molar-refractivity contribution in [3.05, 3.63) is 36.5 Å². The van der Waals surface area contributed by atoms with Gasteiger partial charge in [0, 0.05) is 0 Å². The van der Waals surface area contributed by atoms with Crippen LogP contribution in [0.15, 0.2) is 36.5 Å². The molecular weight excluding hydrogens is 120 g/mol. The van der Waals surface area contributed by atoms with Crippen LogP contribution in [-0.2, 0) is 0 Å². The van der Waals surface area contributed by atoms with Gasteiger partial charge in [-0.15, -0.1) is 0 Å². The van der Waals surface area contributed by atoms with Crippen molar-refractivity contribution in [1.82, 2.24) is 0 Å². The number of hydrogen-bond donors (Lipinski definition) is 0. The highest BCUT2D eigenvalue weighted by Gasteiger charge is 2.00. The van der Waals surface area contributed by atoms with Gasteiger partial charge in [0.25, 0.3) is 0 Å². The van der Waals surface area contributed by atoms with Crippen molar-refractivity contribution < 1.29 is 0 Å². The van der Waals surface area contributed by atoms with Gasteiger partial charge in [-0.05, 0) is 24.3 Å². The van der Waals surface area contributed by atoms with Gasteiger partial charge in [0.1, 0.15) is 0 Å². The predicted octanol–water partition coefficient (Wildman–Crippen LogP) is 3.08. The third kappa shape index (κ3) is 1.87. The normalized spacial score (nSPS) is 25.3. The lowest BCUT2D eigenvalue weighted by molar-refractivity contribution is 0.606. The first-order valence-electron chi connectivity index (χ1n) is 3.82. The Hall–Kier alpha value is -0.780. The molecule has 0 saturated carbocycles. The van der Waals surface area contributed by atoms with E-state index in [0.717, 1.165) is 5.92 Å². The Bertz CT molecular complexity index is 172. The minimum absolute atomic E-state index is 0.800. The average molecular weight is 134 g/mol. The van der Waals surface area contributed by atoms with Gasteiger partial charge in [-0.25, -0.2) is 0 Å². The summed E-state index contributed by atoms with van der Waals surface area (Å²) in [5.74, 6) is 0.800. The van der Waals surface area contributed by atoms with E-state index in [1.807, 2.05) is 6.08 Å². The van der Waals surface area contributed by atoms with E-state index in [1.165, 1.54) is 18.4 Å². The fourth-order valence-electron chi connectivity index (χ4n) is 1.09. The van der Waals surface area contributed by atoms with Gasteiger partial charge in [-0.3, -0.25) is 0 Å². The third-order valence-electron chi connectivity index (χ3n) is 1.84. The van der Waals surface area contributed by atoms with Crippen LogP contribution < -0.4 is 0 Å². The summed E-state index contributed by atoms with van der Waals surface area (Å²) in [5.41, 5.74) is 1.27. The molecule has 0 spiro atoms. The summed E-state index contributed by atoms with van der Waals surface area (Å²) in [4.78, 5) is 0. The molecule has 54 valence electrons. The van der Waals surface area contributed by atoms with Gasteiger partial charge in [0.2, 0.25) is 0 Å². The second kappa shape index (κ2) is 3.40. The van der Waals surface area contributed by atoms with Gasteiger partial charge >= 0.3 is 0 Å². The molecule has 0 bridgehead atoms. The molecular formula is C10H14. The smallest absolute Gasteiger partial charge is 0.0306 e. The number of rotatable bonds is 1. The van der Waals surface area contributed by atoms with Crippen molar-refractivity contribution in [1.29, 1.82) is 0 Å². The molecule has 0 aliphatic heterocycles. The zero-order valence-corrected chi connectivity index (χ0v) is 6.51. The summed E-state index contributed by atoms with van der Waals surface area (Å²) in [6, 6.07) is 0. The van der Waals surface area contributed by atoms with Crippen molar-refractivity contribution in [2.75, 3.05) is 0 Å². The molecule has 0 aromatic carbocycles. The van der Waals surface area contributed by atoms with E-state index >= 15 is 0 Å². The minimum Gasteiger partial charge on any atom is -0.0985 e. The van der Waals surface area contributed by atoms with E-state index in [0.29, 0.717) is 0 Å². The van der Waals surface area contributed by atoms with Crippen LogP contribution in [0.3, 0.4) is 0 Å². The summed E-state index contributed by atoms with van der Waals surface area (Å²) in [6.45, 7) is 6.00. The summed E-state index contributed by atoms with van der Waals surface area (Å²) in [5, 5.41) is 0. The maximum Gasteiger partial charge on any atom is -0.0306 e. The Morgan fingerprint density at radius 1 is 1.60 bits per heavy atom. The standard InChI is InChI=1S/C10H14/c1-3-10-6-4-5-9(2)7-8-10/h3-4,6,8-9H,1,5,7H2,2H3. The lowest BCUT2D eigenvalue weighted by Gasteiger charge is -2.00. The van der Waals surface area contributed by atoms with E-state index in [-0.39, 0.29) is 0 Å². The molecule has 10 heavy (non-hydrogen) atoms. The van der Waals surface area contributed by atoms with Gasteiger partial charge in [0.15, 0.2) is 0 Å². The van der Waals surface area contributed by atoms with Crippen LogP contribution in [-0.4, -0.2) is 0 Å². The first kappa shape index (κ1) is 7.33. The lowest BCUT2D eigenvalue weighted by atomic mass is 10.1. The largest absolute Gasteiger partial charge is 0.0985 e. The van der Waals surface area contributed by atoms with Crippen LogP contribution in [0.5, 0.6) is 0 Å². The highest BCUT2D eigenvalue weighted by molar-refractivity contribution is 5.30. The average Bonchev–Trinajstić information content (AvgIpc) is 2.14. The molecule has 1 aliphatic carbocycles. The Kier molecular flexibility index (Phi) is 2.49. The molecule has 0 heterocycles. The van der Waals surface area contributed by atoms with Crippen LogP contribution in [0.4, 0.5) is 0 Å². The summed E-state index contributed by atoms with van der Waals surface area (Å²) in [6.07, 6.45) is 10.9. The van der Waals surface area contributed by atoms with Crippen molar-refractivity contribution in [2.24, 2.45) is 5.92 Å². The van der Waals surface area contributed by atoms with Crippen molar-refractivity contribution in [3.8, 4) is 0 Å². The predicted molar refractivity (Wildman–Crippen MR) is 45.8 cm³/mol. The fraction of sp³-hybridized carbons (Fsp3) is 0.400. The second-order valence-corrected chi connectivity index (χ2v) is 2.89. The van der Waals surface area contributed by atoms with Crippen LogP contribution in [0, 0.1) is 5.92 Å². The molecule has 0 aromatic rings. The van der Waals surface area contributed by atoms with Crippen molar-refractivity contribution >= 4 is 0 Å². The minimum atomic E-state index is 0.800. The zero-order valence-electron chi connectivity index (χ0n) is 6.51. The van der Waals surface area contributed by atoms with E-state index in [1.54, 1.807) is 0 Å².